The van der Waals surface area contributed by atoms with Gasteiger partial charge in [0.05, 0.1) is 13.4 Å². The lowest BCUT2D eigenvalue weighted by atomic mass is 10.1. The van der Waals surface area contributed by atoms with Crippen molar-refractivity contribution in [2.45, 2.75) is 6.42 Å². The predicted molar refractivity (Wildman–Crippen MR) is 110 cm³/mol. The van der Waals surface area contributed by atoms with Crippen molar-refractivity contribution in [3.8, 4) is 5.75 Å². The number of hydrogen-bond acceptors (Lipinski definition) is 4. The summed E-state index contributed by atoms with van der Waals surface area (Å²) in [6.45, 7) is 0.385. The molecule has 0 saturated heterocycles. The van der Waals surface area contributed by atoms with Crippen LogP contribution >= 0.6 is 0 Å². The van der Waals surface area contributed by atoms with Gasteiger partial charge in [-0.3, -0.25) is 9.59 Å². The highest BCUT2D eigenvalue weighted by Gasteiger charge is 2.15. The molecule has 6 nitrogen and oxygen atoms in total. The Hall–Kier alpha value is -3.80. The van der Waals surface area contributed by atoms with E-state index < -0.39 is 5.91 Å². The molecule has 2 amide bonds. The average Bonchev–Trinajstić information content (AvgIpc) is 3.27. The van der Waals surface area contributed by atoms with E-state index in [9.17, 15) is 9.59 Å². The summed E-state index contributed by atoms with van der Waals surface area (Å²) in [5.41, 5.74) is 1.55. The fourth-order valence-corrected chi connectivity index (χ4v) is 2.77. The molecule has 148 valence electrons. The number of rotatable bonds is 8. The Kier molecular flexibility index (Phi) is 6.84. The molecule has 0 unspecified atom stereocenters. The van der Waals surface area contributed by atoms with Gasteiger partial charge < -0.3 is 19.8 Å². The molecule has 1 heterocycles. The van der Waals surface area contributed by atoms with Crippen molar-refractivity contribution in [2.24, 2.45) is 0 Å². The van der Waals surface area contributed by atoms with E-state index >= 15 is 0 Å². The van der Waals surface area contributed by atoms with Crippen LogP contribution in [0.5, 0.6) is 5.75 Å². The third-order valence-corrected chi connectivity index (χ3v) is 4.23. The third-order valence-electron chi connectivity index (χ3n) is 4.23. The van der Waals surface area contributed by atoms with Gasteiger partial charge in [0.25, 0.3) is 11.8 Å². The van der Waals surface area contributed by atoms with E-state index in [1.807, 2.05) is 30.3 Å². The Balaban J connectivity index is 1.68. The number of carbonyl (C=O) groups excluding carboxylic acids is 2. The van der Waals surface area contributed by atoms with Crippen LogP contribution in [-0.2, 0) is 11.2 Å². The zero-order valence-electron chi connectivity index (χ0n) is 16.1. The van der Waals surface area contributed by atoms with Gasteiger partial charge in [-0.15, -0.1) is 0 Å². The normalized spacial score (nSPS) is 11.0. The van der Waals surface area contributed by atoms with Gasteiger partial charge in [-0.25, -0.2) is 0 Å². The molecule has 0 radical (unpaired) electrons. The van der Waals surface area contributed by atoms with Crippen molar-refractivity contribution >= 4 is 17.9 Å². The summed E-state index contributed by atoms with van der Waals surface area (Å²) in [7, 11) is 1.61. The molecular weight excluding hydrogens is 368 g/mol. The molecule has 0 atom stereocenters. The van der Waals surface area contributed by atoms with Gasteiger partial charge in [0, 0.05) is 18.2 Å². The Morgan fingerprint density at radius 3 is 2.48 bits per heavy atom. The van der Waals surface area contributed by atoms with E-state index in [2.05, 4.69) is 10.6 Å². The molecule has 3 aromatic rings. The molecule has 0 aliphatic heterocycles. The minimum Gasteiger partial charge on any atom is -0.496 e. The van der Waals surface area contributed by atoms with Crippen LogP contribution < -0.4 is 15.4 Å². The summed E-state index contributed by atoms with van der Waals surface area (Å²) in [5, 5.41) is 5.50. The number of furan rings is 1. The minimum atomic E-state index is -0.402. The Morgan fingerprint density at radius 2 is 1.76 bits per heavy atom. The van der Waals surface area contributed by atoms with Crippen LogP contribution in [0.15, 0.2) is 83.1 Å². The molecule has 0 aliphatic rings. The second-order valence-electron chi connectivity index (χ2n) is 6.21. The van der Waals surface area contributed by atoms with Crippen molar-refractivity contribution in [2.75, 3.05) is 13.7 Å². The van der Waals surface area contributed by atoms with E-state index in [1.54, 1.807) is 43.5 Å². The summed E-state index contributed by atoms with van der Waals surface area (Å²) in [4.78, 5) is 25.2. The van der Waals surface area contributed by atoms with Gasteiger partial charge in [-0.1, -0.05) is 36.4 Å². The molecule has 0 aliphatic carbocycles. The molecule has 0 saturated carbocycles. The van der Waals surface area contributed by atoms with Crippen molar-refractivity contribution in [3.05, 3.63) is 95.6 Å². The number of hydrogen-bond donors (Lipinski definition) is 2. The molecule has 0 fully saturated rings. The van der Waals surface area contributed by atoms with Crippen LogP contribution in [0.25, 0.3) is 6.08 Å². The first kappa shape index (κ1) is 19.9. The summed E-state index contributed by atoms with van der Waals surface area (Å²) in [6, 6.07) is 19.8. The second-order valence-corrected chi connectivity index (χ2v) is 6.21. The Morgan fingerprint density at radius 1 is 1.00 bits per heavy atom. The van der Waals surface area contributed by atoms with Gasteiger partial charge in [0.1, 0.15) is 17.2 Å². The second kappa shape index (κ2) is 9.94. The molecule has 29 heavy (non-hydrogen) atoms. The molecule has 2 N–H and O–H groups in total. The largest absolute Gasteiger partial charge is 0.496 e. The Bertz CT molecular complexity index is 979. The van der Waals surface area contributed by atoms with Gasteiger partial charge in [-0.05, 0) is 42.3 Å². The summed E-state index contributed by atoms with van der Waals surface area (Å²) in [5.74, 6) is 0.461. The number of benzene rings is 2. The lowest BCUT2D eigenvalue weighted by Gasteiger charge is -2.12. The standard InChI is InChI=1S/C23H22N2O4/c1-28-21-12-6-5-8-17(21)13-14-24-23(27)20(16-19-11-7-15-29-19)25-22(26)18-9-3-2-4-10-18/h2-12,15-16H,13-14H2,1H3,(H,24,27)(H,25,26). The fourth-order valence-electron chi connectivity index (χ4n) is 2.77. The van der Waals surface area contributed by atoms with Gasteiger partial charge in [0.2, 0.25) is 0 Å². The van der Waals surface area contributed by atoms with E-state index in [0.29, 0.717) is 24.3 Å². The zero-order valence-corrected chi connectivity index (χ0v) is 16.1. The number of carbonyl (C=O) groups is 2. The maximum Gasteiger partial charge on any atom is 0.267 e. The first-order valence-corrected chi connectivity index (χ1v) is 9.19. The zero-order chi connectivity index (χ0) is 20.5. The number of ether oxygens (including phenoxy) is 1. The Labute approximate surface area is 169 Å². The number of amides is 2. The molecule has 1 aromatic heterocycles. The van der Waals surface area contributed by atoms with E-state index in [-0.39, 0.29) is 11.6 Å². The van der Waals surface area contributed by atoms with Gasteiger partial charge >= 0.3 is 0 Å². The SMILES string of the molecule is COc1ccccc1CCNC(=O)C(=Cc1ccco1)NC(=O)c1ccccc1. The number of nitrogens with one attached hydrogen (secondary N) is 2. The minimum absolute atomic E-state index is 0.105. The molecule has 3 rings (SSSR count). The fraction of sp³-hybridized carbons (Fsp3) is 0.130. The maximum atomic E-state index is 12.7. The number of para-hydroxylation sites is 1. The molecule has 6 heteroatoms. The highest BCUT2D eigenvalue weighted by atomic mass is 16.5. The van der Waals surface area contributed by atoms with Crippen molar-refractivity contribution in [1.82, 2.24) is 10.6 Å². The maximum absolute atomic E-state index is 12.7. The van der Waals surface area contributed by atoms with Crippen LogP contribution in [0, 0.1) is 0 Å². The van der Waals surface area contributed by atoms with E-state index in [1.165, 1.54) is 12.3 Å². The molecular formula is C23H22N2O4. The topological polar surface area (TPSA) is 80.6 Å². The smallest absolute Gasteiger partial charge is 0.267 e. The van der Waals surface area contributed by atoms with Gasteiger partial charge in [0.15, 0.2) is 0 Å². The first-order valence-electron chi connectivity index (χ1n) is 9.19. The highest BCUT2D eigenvalue weighted by molar-refractivity contribution is 6.05. The van der Waals surface area contributed by atoms with E-state index in [4.69, 9.17) is 9.15 Å². The van der Waals surface area contributed by atoms with Crippen molar-refractivity contribution in [3.63, 3.8) is 0 Å². The monoisotopic (exact) mass is 390 g/mol. The summed E-state index contributed by atoms with van der Waals surface area (Å²) < 4.78 is 10.6. The predicted octanol–water partition coefficient (Wildman–Crippen LogP) is 3.42. The number of methoxy groups -OCH3 is 1. The third kappa shape index (κ3) is 5.59. The van der Waals surface area contributed by atoms with Crippen LogP contribution in [0.2, 0.25) is 0 Å². The summed E-state index contributed by atoms with van der Waals surface area (Å²) >= 11 is 0. The highest BCUT2D eigenvalue weighted by Crippen LogP contribution is 2.17. The van der Waals surface area contributed by atoms with Crippen molar-refractivity contribution < 1.29 is 18.7 Å². The van der Waals surface area contributed by atoms with Crippen molar-refractivity contribution in [1.29, 1.82) is 0 Å². The quantitative estimate of drug-likeness (QED) is 0.578. The van der Waals surface area contributed by atoms with Crippen LogP contribution in [0.3, 0.4) is 0 Å². The molecule has 0 spiro atoms. The van der Waals surface area contributed by atoms with Crippen LogP contribution in [0.1, 0.15) is 21.7 Å². The average molecular weight is 390 g/mol. The summed E-state index contributed by atoms with van der Waals surface area (Å²) in [6.07, 6.45) is 3.59. The lowest BCUT2D eigenvalue weighted by molar-refractivity contribution is -0.117. The molecule has 2 aromatic carbocycles. The first-order chi connectivity index (χ1) is 14.2. The lowest BCUT2D eigenvalue weighted by Crippen LogP contribution is -2.35. The molecule has 0 bridgehead atoms. The van der Waals surface area contributed by atoms with Gasteiger partial charge in [-0.2, -0.15) is 0 Å². The van der Waals surface area contributed by atoms with Crippen LogP contribution in [0.4, 0.5) is 0 Å². The van der Waals surface area contributed by atoms with E-state index in [0.717, 1.165) is 11.3 Å². The van der Waals surface area contributed by atoms with Crippen LogP contribution in [-0.4, -0.2) is 25.5 Å².